The Morgan fingerprint density at radius 2 is 2.14 bits per heavy atom. The molecule has 0 bridgehead atoms. The number of nitrogens with one attached hydrogen (secondary N) is 1. The van der Waals surface area contributed by atoms with E-state index in [9.17, 15) is 9.59 Å². The van der Waals surface area contributed by atoms with Crippen LogP contribution < -0.4 is 16.8 Å². The molecule has 0 saturated heterocycles. The lowest BCUT2D eigenvalue weighted by Gasteiger charge is -2.20. The summed E-state index contributed by atoms with van der Waals surface area (Å²) in [6, 6.07) is -1.20. The van der Waals surface area contributed by atoms with Crippen molar-refractivity contribution in [3.8, 4) is 0 Å². The van der Waals surface area contributed by atoms with E-state index in [1.54, 1.807) is 0 Å². The molecule has 0 aliphatic rings. The number of nitrogens with two attached hydrogens (primary N) is 2. The maximum absolute atomic E-state index is 11.3. The molecule has 14 heavy (non-hydrogen) atoms. The van der Waals surface area contributed by atoms with Gasteiger partial charge in [0.2, 0.25) is 5.91 Å². The highest BCUT2D eigenvalue weighted by Gasteiger charge is 2.20. The molecule has 1 amide bonds. The van der Waals surface area contributed by atoms with E-state index in [1.165, 1.54) is 0 Å². The summed E-state index contributed by atoms with van der Waals surface area (Å²) in [7, 11) is 0. The number of carbonyl (C=O) groups excluding carboxylic acids is 2. The Labute approximate surface area is 84.2 Å². The number of amides is 1. The zero-order valence-corrected chi connectivity index (χ0v) is 8.69. The Morgan fingerprint density at radius 1 is 1.57 bits per heavy atom. The quantitative estimate of drug-likeness (QED) is 0.480. The molecule has 0 saturated carbocycles. The third-order valence-electron chi connectivity index (χ3n) is 2.30. The summed E-state index contributed by atoms with van der Waals surface area (Å²) in [4.78, 5) is 22.0. The second kappa shape index (κ2) is 6.50. The molecule has 5 N–H and O–H groups in total. The first-order valence-electron chi connectivity index (χ1n) is 4.78. The molecule has 0 radical (unpaired) electrons. The van der Waals surface area contributed by atoms with Gasteiger partial charge in [-0.05, 0) is 5.92 Å². The molecule has 1 unspecified atom stereocenters. The van der Waals surface area contributed by atoms with Crippen LogP contribution in [0.25, 0.3) is 0 Å². The molecule has 0 aromatic heterocycles. The third kappa shape index (κ3) is 3.85. The van der Waals surface area contributed by atoms with Crippen LogP contribution in [0.5, 0.6) is 0 Å². The van der Waals surface area contributed by atoms with Gasteiger partial charge in [0, 0.05) is 6.54 Å². The zero-order chi connectivity index (χ0) is 11.1. The minimum Gasteiger partial charge on any atom is -0.345 e. The van der Waals surface area contributed by atoms with Crippen molar-refractivity contribution in [3.05, 3.63) is 0 Å². The van der Waals surface area contributed by atoms with Crippen LogP contribution in [0.1, 0.15) is 20.3 Å². The normalized spacial score (nSPS) is 16.9. The van der Waals surface area contributed by atoms with Crippen molar-refractivity contribution in [2.45, 2.75) is 32.4 Å². The summed E-state index contributed by atoms with van der Waals surface area (Å²) >= 11 is 0. The Morgan fingerprint density at radius 3 is 2.50 bits per heavy atom. The van der Waals surface area contributed by atoms with Crippen LogP contribution in [-0.2, 0) is 9.59 Å². The van der Waals surface area contributed by atoms with Crippen LogP contribution in [0, 0.1) is 5.92 Å². The summed E-state index contributed by atoms with van der Waals surface area (Å²) in [6.45, 7) is 3.93. The van der Waals surface area contributed by atoms with Gasteiger partial charge in [-0.1, -0.05) is 20.3 Å². The predicted molar refractivity (Wildman–Crippen MR) is 54.5 cm³/mol. The monoisotopic (exact) mass is 201 g/mol. The summed E-state index contributed by atoms with van der Waals surface area (Å²) in [5, 5.41) is 2.56. The molecular weight excluding hydrogens is 182 g/mol. The summed E-state index contributed by atoms with van der Waals surface area (Å²) in [5.74, 6) is -0.258. The van der Waals surface area contributed by atoms with E-state index >= 15 is 0 Å². The molecule has 0 aromatic carbocycles. The fraction of sp³-hybridized carbons (Fsp3) is 0.778. The predicted octanol–water partition coefficient (Wildman–Crippen LogP) is -0.998. The van der Waals surface area contributed by atoms with E-state index in [2.05, 4.69) is 5.32 Å². The first-order valence-corrected chi connectivity index (χ1v) is 4.78. The van der Waals surface area contributed by atoms with Gasteiger partial charge in [0.25, 0.3) is 0 Å². The van der Waals surface area contributed by atoms with Gasteiger partial charge in [-0.2, -0.15) is 0 Å². The average molecular weight is 201 g/mol. The molecule has 0 fully saturated rings. The third-order valence-corrected chi connectivity index (χ3v) is 2.30. The first-order chi connectivity index (χ1) is 6.56. The Bertz CT molecular complexity index is 196. The van der Waals surface area contributed by atoms with E-state index < -0.39 is 12.1 Å². The van der Waals surface area contributed by atoms with Crippen LogP contribution >= 0.6 is 0 Å². The number of aldehydes is 1. The minimum atomic E-state index is -0.735. The molecule has 0 aliphatic heterocycles. The van der Waals surface area contributed by atoms with Gasteiger partial charge >= 0.3 is 0 Å². The Hall–Kier alpha value is -0.940. The highest BCUT2D eigenvalue weighted by atomic mass is 16.2. The first kappa shape index (κ1) is 13.1. The smallest absolute Gasteiger partial charge is 0.238 e. The molecule has 0 rings (SSSR count). The van der Waals surface area contributed by atoms with Crippen molar-refractivity contribution in [1.29, 1.82) is 0 Å². The van der Waals surface area contributed by atoms with Gasteiger partial charge in [-0.3, -0.25) is 4.79 Å². The van der Waals surface area contributed by atoms with Crippen LogP contribution in [0.2, 0.25) is 0 Å². The molecular formula is C9H19N3O2. The molecule has 0 spiro atoms. The highest BCUT2D eigenvalue weighted by molar-refractivity contribution is 5.84. The molecule has 5 nitrogen and oxygen atoms in total. The van der Waals surface area contributed by atoms with E-state index in [4.69, 9.17) is 11.5 Å². The van der Waals surface area contributed by atoms with Gasteiger partial charge in [-0.25, -0.2) is 0 Å². The standard InChI is InChI=1S/C9H19N3O2/c1-3-6(2)8(5-13)12-9(14)7(11)4-10/h5-8H,3-4,10-11H2,1-2H3,(H,12,14)/t6?,7-,8+/m0/s1. The van der Waals surface area contributed by atoms with E-state index in [-0.39, 0.29) is 18.4 Å². The van der Waals surface area contributed by atoms with E-state index in [0.717, 1.165) is 12.7 Å². The Kier molecular flexibility index (Phi) is 6.07. The Balaban J connectivity index is 4.18. The second-order valence-electron chi connectivity index (χ2n) is 3.40. The van der Waals surface area contributed by atoms with E-state index in [0.29, 0.717) is 0 Å². The van der Waals surface area contributed by atoms with Crippen molar-refractivity contribution in [2.24, 2.45) is 17.4 Å². The highest BCUT2D eigenvalue weighted by Crippen LogP contribution is 2.05. The van der Waals surface area contributed by atoms with Crippen molar-refractivity contribution in [1.82, 2.24) is 5.32 Å². The molecule has 0 aromatic rings. The van der Waals surface area contributed by atoms with Crippen molar-refractivity contribution in [2.75, 3.05) is 6.54 Å². The number of hydrogen-bond acceptors (Lipinski definition) is 4. The maximum atomic E-state index is 11.3. The zero-order valence-electron chi connectivity index (χ0n) is 8.69. The molecule has 0 aliphatic carbocycles. The van der Waals surface area contributed by atoms with Gasteiger partial charge < -0.3 is 21.6 Å². The van der Waals surface area contributed by atoms with Gasteiger partial charge in [0.15, 0.2) is 0 Å². The number of hydrogen-bond donors (Lipinski definition) is 3. The molecule has 0 heterocycles. The molecule has 82 valence electrons. The molecule has 5 heteroatoms. The minimum absolute atomic E-state index is 0.0813. The number of rotatable bonds is 6. The number of carbonyl (C=O) groups is 2. The topological polar surface area (TPSA) is 98.2 Å². The SMILES string of the molecule is CCC(C)[C@@H](C=O)NC(=O)[C@@H](N)CN. The second-order valence-corrected chi connectivity index (χ2v) is 3.40. The average Bonchev–Trinajstić information content (AvgIpc) is 2.22. The lowest BCUT2D eigenvalue weighted by atomic mass is 10.0. The van der Waals surface area contributed by atoms with Gasteiger partial charge in [0.1, 0.15) is 6.29 Å². The largest absolute Gasteiger partial charge is 0.345 e. The van der Waals surface area contributed by atoms with Crippen LogP contribution in [0.4, 0.5) is 0 Å². The fourth-order valence-electron chi connectivity index (χ4n) is 0.943. The maximum Gasteiger partial charge on any atom is 0.238 e. The van der Waals surface area contributed by atoms with Crippen molar-refractivity contribution >= 4 is 12.2 Å². The lowest BCUT2D eigenvalue weighted by molar-refractivity contribution is -0.125. The fourth-order valence-corrected chi connectivity index (χ4v) is 0.943. The van der Waals surface area contributed by atoms with Crippen molar-refractivity contribution in [3.63, 3.8) is 0 Å². The van der Waals surface area contributed by atoms with Gasteiger partial charge in [0.05, 0.1) is 12.1 Å². The summed E-state index contributed by atoms with van der Waals surface area (Å²) in [6.07, 6.45) is 1.55. The lowest BCUT2D eigenvalue weighted by Crippen LogP contribution is -2.50. The van der Waals surface area contributed by atoms with Crippen molar-refractivity contribution < 1.29 is 9.59 Å². The molecule has 3 atom stereocenters. The summed E-state index contributed by atoms with van der Waals surface area (Å²) in [5.41, 5.74) is 10.6. The van der Waals surface area contributed by atoms with Crippen LogP contribution in [0.15, 0.2) is 0 Å². The van der Waals surface area contributed by atoms with Gasteiger partial charge in [-0.15, -0.1) is 0 Å². The van der Waals surface area contributed by atoms with Crippen LogP contribution in [0.3, 0.4) is 0 Å². The van der Waals surface area contributed by atoms with Crippen LogP contribution in [-0.4, -0.2) is 30.8 Å². The van der Waals surface area contributed by atoms with E-state index in [1.807, 2.05) is 13.8 Å². The summed E-state index contributed by atoms with van der Waals surface area (Å²) < 4.78 is 0.